The number of likely N-dealkylation sites (tertiary alicyclic amines) is 1. The van der Waals surface area contributed by atoms with E-state index in [-0.39, 0.29) is 18.0 Å². The molecule has 2 aliphatic heterocycles. The van der Waals surface area contributed by atoms with Crippen LogP contribution in [0.5, 0.6) is 0 Å². The van der Waals surface area contributed by atoms with Crippen LogP contribution in [0.3, 0.4) is 0 Å². The van der Waals surface area contributed by atoms with Gasteiger partial charge in [-0.2, -0.15) is 0 Å². The van der Waals surface area contributed by atoms with E-state index >= 15 is 0 Å². The highest BCUT2D eigenvalue weighted by molar-refractivity contribution is 5.96. The fourth-order valence-corrected chi connectivity index (χ4v) is 3.02. The molecule has 2 aliphatic rings. The molecule has 126 valence electrons. The normalized spacial score (nSPS) is 22.1. The number of hydrogen-bond acceptors (Lipinski definition) is 5. The van der Waals surface area contributed by atoms with Gasteiger partial charge in [0.05, 0.1) is 0 Å². The summed E-state index contributed by atoms with van der Waals surface area (Å²) in [5.74, 6) is 0.781. The minimum Gasteiger partial charge on any atom is -0.381 e. The Hall–Kier alpha value is -2.09. The van der Waals surface area contributed by atoms with Gasteiger partial charge in [-0.25, -0.2) is 4.79 Å². The molecule has 8 heteroatoms. The number of amides is 3. The Balaban J connectivity index is 1.57. The second-order valence-electron chi connectivity index (χ2n) is 6.00. The second-order valence-corrected chi connectivity index (χ2v) is 6.00. The number of carbonyl (C=O) groups excluding carboxylic acids is 2. The SMILES string of the molecule is Cc1cc(NC(=O)C2CCCN2C(=O)NC2CCOCC2)no1. The maximum Gasteiger partial charge on any atom is 0.318 e. The Morgan fingerprint density at radius 3 is 2.78 bits per heavy atom. The fourth-order valence-electron chi connectivity index (χ4n) is 3.02. The molecule has 8 nitrogen and oxygen atoms in total. The predicted molar refractivity (Wildman–Crippen MR) is 82.0 cm³/mol. The van der Waals surface area contributed by atoms with Crippen molar-refractivity contribution in [2.24, 2.45) is 0 Å². The van der Waals surface area contributed by atoms with Gasteiger partial charge >= 0.3 is 6.03 Å². The van der Waals surface area contributed by atoms with Crippen molar-refractivity contribution in [3.8, 4) is 0 Å². The molecular formula is C15H22N4O4. The smallest absolute Gasteiger partial charge is 0.318 e. The Kier molecular flexibility index (Phi) is 4.80. The number of hydrogen-bond donors (Lipinski definition) is 2. The number of rotatable bonds is 3. The van der Waals surface area contributed by atoms with E-state index in [1.54, 1.807) is 17.9 Å². The molecule has 23 heavy (non-hydrogen) atoms. The summed E-state index contributed by atoms with van der Waals surface area (Å²) in [7, 11) is 0. The highest BCUT2D eigenvalue weighted by atomic mass is 16.5. The molecule has 0 saturated carbocycles. The highest BCUT2D eigenvalue weighted by Gasteiger charge is 2.35. The van der Waals surface area contributed by atoms with E-state index in [4.69, 9.17) is 9.26 Å². The number of nitrogens with one attached hydrogen (secondary N) is 2. The van der Waals surface area contributed by atoms with Gasteiger partial charge in [0.25, 0.3) is 0 Å². The Morgan fingerprint density at radius 2 is 2.09 bits per heavy atom. The summed E-state index contributed by atoms with van der Waals surface area (Å²) in [4.78, 5) is 26.5. The number of carbonyl (C=O) groups is 2. The van der Waals surface area contributed by atoms with Crippen LogP contribution in [0.1, 0.15) is 31.4 Å². The van der Waals surface area contributed by atoms with E-state index in [0.29, 0.717) is 37.8 Å². The third-order valence-corrected chi connectivity index (χ3v) is 4.24. The van der Waals surface area contributed by atoms with Gasteiger partial charge in [0.2, 0.25) is 5.91 Å². The van der Waals surface area contributed by atoms with Crippen molar-refractivity contribution in [1.29, 1.82) is 0 Å². The average molecular weight is 322 g/mol. The van der Waals surface area contributed by atoms with Crippen LogP contribution in [0.4, 0.5) is 10.6 Å². The zero-order chi connectivity index (χ0) is 16.2. The summed E-state index contributed by atoms with van der Waals surface area (Å²) in [5, 5.41) is 9.46. The van der Waals surface area contributed by atoms with E-state index in [0.717, 1.165) is 19.3 Å². The van der Waals surface area contributed by atoms with Crippen LogP contribution in [0.2, 0.25) is 0 Å². The van der Waals surface area contributed by atoms with Crippen molar-refractivity contribution in [3.05, 3.63) is 11.8 Å². The Bertz CT molecular complexity index is 568. The van der Waals surface area contributed by atoms with Crippen LogP contribution < -0.4 is 10.6 Å². The van der Waals surface area contributed by atoms with Crippen molar-refractivity contribution < 1.29 is 18.8 Å². The summed E-state index contributed by atoms with van der Waals surface area (Å²) in [6.45, 7) is 3.68. The summed E-state index contributed by atoms with van der Waals surface area (Å²) in [6, 6.07) is 1.13. The van der Waals surface area contributed by atoms with Crippen LogP contribution in [0.25, 0.3) is 0 Å². The first-order chi connectivity index (χ1) is 11.1. The number of ether oxygens (including phenoxy) is 1. The molecule has 0 bridgehead atoms. The van der Waals surface area contributed by atoms with Crippen LogP contribution in [-0.2, 0) is 9.53 Å². The third kappa shape index (κ3) is 3.82. The lowest BCUT2D eigenvalue weighted by Gasteiger charge is -2.28. The molecule has 3 amide bonds. The van der Waals surface area contributed by atoms with Gasteiger partial charge in [-0.05, 0) is 32.6 Å². The minimum atomic E-state index is -0.466. The Morgan fingerprint density at radius 1 is 1.30 bits per heavy atom. The first-order valence-electron chi connectivity index (χ1n) is 8.02. The van der Waals surface area contributed by atoms with E-state index in [1.807, 2.05) is 0 Å². The molecule has 1 aromatic heterocycles. The van der Waals surface area contributed by atoms with Crippen LogP contribution in [0.15, 0.2) is 10.6 Å². The van der Waals surface area contributed by atoms with Gasteiger partial charge < -0.3 is 24.8 Å². The molecule has 2 N–H and O–H groups in total. The summed E-state index contributed by atoms with van der Waals surface area (Å²) >= 11 is 0. The molecule has 1 unspecified atom stereocenters. The second kappa shape index (κ2) is 6.99. The maximum atomic E-state index is 12.4. The lowest BCUT2D eigenvalue weighted by atomic mass is 10.1. The fraction of sp³-hybridized carbons (Fsp3) is 0.667. The first kappa shape index (κ1) is 15.8. The number of aryl methyl sites for hydroxylation is 1. The zero-order valence-electron chi connectivity index (χ0n) is 13.2. The monoisotopic (exact) mass is 322 g/mol. The van der Waals surface area contributed by atoms with E-state index in [9.17, 15) is 9.59 Å². The quantitative estimate of drug-likeness (QED) is 0.873. The van der Waals surface area contributed by atoms with Gasteiger partial charge in [0.15, 0.2) is 5.82 Å². The van der Waals surface area contributed by atoms with Crippen molar-refractivity contribution in [1.82, 2.24) is 15.4 Å². The standard InChI is InChI=1S/C15H22N4O4/c1-10-9-13(18-23-10)17-14(20)12-3-2-6-19(12)15(21)16-11-4-7-22-8-5-11/h9,11-12H,2-8H2,1H3,(H,16,21)(H,17,18,20). The average Bonchev–Trinajstić information content (AvgIpc) is 3.17. The number of urea groups is 1. The molecule has 0 radical (unpaired) electrons. The van der Waals surface area contributed by atoms with Crippen molar-refractivity contribution >= 4 is 17.8 Å². The molecule has 3 heterocycles. The largest absolute Gasteiger partial charge is 0.381 e. The van der Waals surface area contributed by atoms with Crippen molar-refractivity contribution in [3.63, 3.8) is 0 Å². The first-order valence-corrected chi connectivity index (χ1v) is 8.02. The van der Waals surface area contributed by atoms with Gasteiger partial charge in [0.1, 0.15) is 11.8 Å². The van der Waals surface area contributed by atoms with Gasteiger partial charge in [-0.15, -0.1) is 0 Å². The molecule has 1 aromatic rings. The molecule has 2 fully saturated rings. The molecule has 3 rings (SSSR count). The summed E-state index contributed by atoms with van der Waals surface area (Å²) < 4.78 is 10.2. The van der Waals surface area contributed by atoms with Crippen molar-refractivity contribution in [2.75, 3.05) is 25.1 Å². The van der Waals surface area contributed by atoms with Gasteiger partial charge in [0, 0.05) is 31.9 Å². The lowest BCUT2D eigenvalue weighted by Crippen LogP contribution is -2.51. The molecule has 0 aromatic carbocycles. The molecule has 1 atom stereocenters. The van der Waals surface area contributed by atoms with E-state index in [1.165, 1.54) is 0 Å². The maximum absolute atomic E-state index is 12.4. The van der Waals surface area contributed by atoms with Crippen LogP contribution in [0, 0.1) is 6.92 Å². The summed E-state index contributed by atoms with van der Waals surface area (Å²) in [6.07, 6.45) is 3.10. The van der Waals surface area contributed by atoms with Gasteiger partial charge in [-0.3, -0.25) is 4.79 Å². The number of nitrogens with zero attached hydrogens (tertiary/aromatic N) is 2. The third-order valence-electron chi connectivity index (χ3n) is 4.24. The van der Waals surface area contributed by atoms with E-state index < -0.39 is 6.04 Å². The Labute approximate surface area is 134 Å². The topological polar surface area (TPSA) is 96.7 Å². The number of aromatic nitrogens is 1. The van der Waals surface area contributed by atoms with Crippen LogP contribution >= 0.6 is 0 Å². The molecular weight excluding hydrogens is 300 g/mol. The molecule has 2 saturated heterocycles. The minimum absolute atomic E-state index is 0.124. The highest BCUT2D eigenvalue weighted by Crippen LogP contribution is 2.20. The number of anilines is 1. The molecule has 0 spiro atoms. The predicted octanol–water partition coefficient (Wildman–Crippen LogP) is 1.27. The zero-order valence-corrected chi connectivity index (χ0v) is 13.2. The lowest BCUT2D eigenvalue weighted by molar-refractivity contribution is -0.119. The van der Waals surface area contributed by atoms with Crippen molar-refractivity contribution in [2.45, 2.75) is 44.7 Å². The molecule has 0 aliphatic carbocycles. The van der Waals surface area contributed by atoms with Crippen LogP contribution in [-0.4, -0.2) is 53.8 Å². The summed E-state index contributed by atoms with van der Waals surface area (Å²) in [5.41, 5.74) is 0. The van der Waals surface area contributed by atoms with E-state index in [2.05, 4.69) is 15.8 Å². The van der Waals surface area contributed by atoms with Gasteiger partial charge in [-0.1, -0.05) is 5.16 Å².